The second-order valence-electron chi connectivity index (χ2n) is 3.91. The highest BCUT2D eigenvalue weighted by Crippen LogP contribution is 2.09. The van der Waals surface area contributed by atoms with Crippen molar-refractivity contribution in [3.63, 3.8) is 0 Å². The number of rotatable bonds is 4. The molecular weight excluding hydrogens is 244 g/mol. The first-order valence-corrected chi connectivity index (χ1v) is 5.68. The van der Waals surface area contributed by atoms with Crippen molar-refractivity contribution in [1.29, 1.82) is 0 Å². The van der Waals surface area contributed by atoms with E-state index in [-0.39, 0.29) is 5.91 Å². The third-order valence-electron chi connectivity index (χ3n) is 2.43. The molecule has 6 nitrogen and oxygen atoms in total. The van der Waals surface area contributed by atoms with Crippen LogP contribution in [-0.4, -0.2) is 29.4 Å². The average Bonchev–Trinajstić information content (AvgIpc) is 2.86. The predicted molar refractivity (Wildman–Crippen MR) is 71.4 cm³/mol. The number of benzene rings is 1. The van der Waals surface area contributed by atoms with Crippen LogP contribution in [0.3, 0.4) is 0 Å². The van der Waals surface area contributed by atoms with E-state index in [1.807, 2.05) is 31.2 Å². The molecule has 0 aliphatic rings. The molecule has 0 aliphatic heterocycles. The van der Waals surface area contributed by atoms with Crippen LogP contribution in [0.4, 0.5) is 0 Å². The van der Waals surface area contributed by atoms with Gasteiger partial charge in [-0.15, -0.1) is 0 Å². The van der Waals surface area contributed by atoms with Gasteiger partial charge in [0.25, 0.3) is 5.91 Å². The Hall–Kier alpha value is -2.63. The molecule has 0 saturated heterocycles. The number of methoxy groups -OCH3 is 1. The molecule has 19 heavy (non-hydrogen) atoms. The predicted octanol–water partition coefficient (Wildman–Crippen LogP) is 1.49. The number of H-pyrrole nitrogens is 1. The van der Waals surface area contributed by atoms with Crippen LogP contribution in [0.25, 0.3) is 0 Å². The maximum absolute atomic E-state index is 11.6. The summed E-state index contributed by atoms with van der Waals surface area (Å²) in [6.07, 6.45) is 1.55. The first kappa shape index (κ1) is 12.8. The standard InChI is InChI=1S/C13H14N4O2/c1-9-7-12(16-15-9)13(18)17-14-8-10-3-5-11(19-2)6-4-10/h3-8H,1-2H3,(H,15,16)(H,17,18)/b14-8+. The summed E-state index contributed by atoms with van der Waals surface area (Å²) in [7, 11) is 1.61. The van der Waals surface area contributed by atoms with Gasteiger partial charge in [0.1, 0.15) is 5.75 Å². The van der Waals surface area contributed by atoms with Gasteiger partial charge < -0.3 is 4.74 Å². The smallest absolute Gasteiger partial charge is 0.291 e. The van der Waals surface area contributed by atoms with Gasteiger partial charge in [0, 0.05) is 5.69 Å². The Kier molecular flexibility index (Phi) is 3.92. The minimum atomic E-state index is -0.353. The SMILES string of the molecule is COc1ccc(/C=N/NC(=O)c2cc(C)[nH]n2)cc1. The molecule has 0 unspecified atom stereocenters. The van der Waals surface area contributed by atoms with E-state index in [0.717, 1.165) is 17.0 Å². The highest BCUT2D eigenvalue weighted by atomic mass is 16.5. The molecule has 2 aromatic rings. The molecule has 2 rings (SSSR count). The summed E-state index contributed by atoms with van der Waals surface area (Å²) in [4.78, 5) is 11.6. The van der Waals surface area contributed by atoms with E-state index in [1.165, 1.54) is 0 Å². The second-order valence-corrected chi connectivity index (χ2v) is 3.91. The Labute approximate surface area is 110 Å². The van der Waals surface area contributed by atoms with Crippen molar-refractivity contribution in [3.05, 3.63) is 47.3 Å². The number of nitrogens with zero attached hydrogens (tertiary/aromatic N) is 2. The zero-order chi connectivity index (χ0) is 13.7. The van der Waals surface area contributed by atoms with E-state index < -0.39 is 0 Å². The summed E-state index contributed by atoms with van der Waals surface area (Å²) >= 11 is 0. The summed E-state index contributed by atoms with van der Waals surface area (Å²) in [5.41, 5.74) is 4.40. The molecule has 1 amide bonds. The number of hydrogen-bond acceptors (Lipinski definition) is 4. The van der Waals surface area contributed by atoms with Crippen molar-refractivity contribution in [2.75, 3.05) is 7.11 Å². The summed E-state index contributed by atoms with van der Waals surface area (Å²) in [6, 6.07) is 8.97. The molecule has 1 aromatic carbocycles. The van der Waals surface area contributed by atoms with E-state index in [9.17, 15) is 4.79 Å². The molecule has 1 heterocycles. The monoisotopic (exact) mass is 258 g/mol. The molecule has 98 valence electrons. The van der Waals surface area contributed by atoms with E-state index in [4.69, 9.17) is 4.74 Å². The molecule has 1 aromatic heterocycles. The third kappa shape index (κ3) is 3.41. The largest absolute Gasteiger partial charge is 0.497 e. The lowest BCUT2D eigenvalue weighted by molar-refractivity contribution is 0.0950. The van der Waals surface area contributed by atoms with E-state index in [1.54, 1.807) is 19.4 Å². The molecule has 0 radical (unpaired) electrons. The van der Waals surface area contributed by atoms with Crippen molar-refractivity contribution in [3.8, 4) is 5.75 Å². The molecule has 6 heteroatoms. The van der Waals surface area contributed by atoms with Crippen LogP contribution in [0, 0.1) is 6.92 Å². The van der Waals surface area contributed by atoms with Crippen molar-refractivity contribution in [2.24, 2.45) is 5.10 Å². The van der Waals surface area contributed by atoms with Gasteiger partial charge in [-0.2, -0.15) is 10.2 Å². The number of aromatic amines is 1. The number of aryl methyl sites for hydroxylation is 1. The summed E-state index contributed by atoms with van der Waals surface area (Å²) in [6.45, 7) is 1.82. The minimum Gasteiger partial charge on any atom is -0.497 e. The van der Waals surface area contributed by atoms with Crippen LogP contribution in [0.5, 0.6) is 5.75 Å². The van der Waals surface area contributed by atoms with Gasteiger partial charge in [0.15, 0.2) is 5.69 Å². The molecule has 0 aliphatic carbocycles. The van der Waals surface area contributed by atoms with Crippen LogP contribution < -0.4 is 10.2 Å². The highest BCUT2D eigenvalue weighted by molar-refractivity contribution is 5.93. The van der Waals surface area contributed by atoms with Gasteiger partial charge in [-0.25, -0.2) is 5.43 Å². The Balaban J connectivity index is 1.94. The van der Waals surface area contributed by atoms with Crippen LogP contribution in [0.1, 0.15) is 21.7 Å². The van der Waals surface area contributed by atoms with Gasteiger partial charge in [-0.1, -0.05) is 0 Å². The fraction of sp³-hybridized carbons (Fsp3) is 0.154. The number of aromatic nitrogens is 2. The summed E-state index contributed by atoms with van der Waals surface area (Å²) in [5.74, 6) is 0.419. The Morgan fingerprint density at radius 2 is 2.16 bits per heavy atom. The molecule has 0 atom stereocenters. The van der Waals surface area contributed by atoms with Gasteiger partial charge in [-0.05, 0) is 42.8 Å². The molecule has 0 spiro atoms. The maximum atomic E-state index is 11.6. The van der Waals surface area contributed by atoms with Crippen LogP contribution in [0.15, 0.2) is 35.4 Å². The minimum absolute atomic E-state index is 0.310. The number of carbonyl (C=O) groups excluding carboxylic acids is 1. The lowest BCUT2D eigenvalue weighted by atomic mass is 10.2. The summed E-state index contributed by atoms with van der Waals surface area (Å²) in [5, 5.41) is 10.4. The topological polar surface area (TPSA) is 79.4 Å². The molecule has 2 N–H and O–H groups in total. The van der Waals surface area contributed by atoms with Crippen molar-refractivity contribution in [1.82, 2.24) is 15.6 Å². The first-order valence-electron chi connectivity index (χ1n) is 5.68. The third-order valence-corrected chi connectivity index (χ3v) is 2.43. The lowest BCUT2D eigenvalue weighted by Crippen LogP contribution is -2.17. The van der Waals surface area contributed by atoms with Crippen molar-refractivity contribution < 1.29 is 9.53 Å². The number of ether oxygens (including phenoxy) is 1. The first-order chi connectivity index (χ1) is 9.19. The number of carbonyl (C=O) groups is 1. The molecule has 0 fully saturated rings. The average molecular weight is 258 g/mol. The molecule has 0 bridgehead atoms. The maximum Gasteiger partial charge on any atom is 0.291 e. The number of hydrazone groups is 1. The zero-order valence-corrected chi connectivity index (χ0v) is 10.7. The van der Waals surface area contributed by atoms with Gasteiger partial charge in [0.05, 0.1) is 13.3 Å². The van der Waals surface area contributed by atoms with Gasteiger partial charge in [-0.3, -0.25) is 9.89 Å². The molecular formula is C13H14N4O2. The zero-order valence-electron chi connectivity index (χ0n) is 10.7. The normalized spacial score (nSPS) is 10.6. The second kappa shape index (κ2) is 5.81. The Morgan fingerprint density at radius 3 is 2.74 bits per heavy atom. The fourth-order valence-corrected chi connectivity index (χ4v) is 1.45. The van der Waals surface area contributed by atoms with Gasteiger partial charge in [0.2, 0.25) is 0 Å². The van der Waals surface area contributed by atoms with Crippen LogP contribution in [0.2, 0.25) is 0 Å². The van der Waals surface area contributed by atoms with E-state index in [0.29, 0.717) is 5.69 Å². The number of hydrogen-bond donors (Lipinski definition) is 2. The van der Waals surface area contributed by atoms with Crippen LogP contribution >= 0.6 is 0 Å². The van der Waals surface area contributed by atoms with Crippen molar-refractivity contribution >= 4 is 12.1 Å². The van der Waals surface area contributed by atoms with Crippen molar-refractivity contribution in [2.45, 2.75) is 6.92 Å². The Morgan fingerprint density at radius 1 is 1.42 bits per heavy atom. The lowest BCUT2D eigenvalue weighted by Gasteiger charge is -1.99. The summed E-state index contributed by atoms with van der Waals surface area (Å²) < 4.78 is 5.05. The van der Waals surface area contributed by atoms with E-state index in [2.05, 4.69) is 20.7 Å². The van der Waals surface area contributed by atoms with Gasteiger partial charge >= 0.3 is 0 Å². The molecule has 0 saturated carbocycles. The number of nitrogens with one attached hydrogen (secondary N) is 2. The van der Waals surface area contributed by atoms with E-state index >= 15 is 0 Å². The fourth-order valence-electron chi connectivity index (χ4n) is 1.45. The number of amides is 1. The quantitative estimate of drug-likeness (QED) is 0.644. The van der Waals surface area contributed by atoms with Crippen LogP contribution in [-0.2, 0) is 0 Å². The highest BCUT2D eigenvalue weighted by Gasteiger charge is 2.07. The Bertz CT molecular complexity index is 587.